The summed E-state index contributed by atoms with van der Waals surface area (Å²) in [5.74, 6) is 0.593. The maximum Gasteiger partial charge on any atom is 0.0703 e. The van der Waals surface area contributed by atoms with E-state index in [1.807, 2.05) is 6.07 Å². The van der Waals surface area contributed by atoms with Crippen LogP contribution in [0.5, 0.6) is 0 Å². The van der Waals surface area contributed by atoms with Gasteiger partial charge in [-0.3, -0.25) is 4.98 Å². The first-order valence-electron chi connectivity index (χ1n) is 5.36. The molecular weight excluding hydrogens is 184 g/mol. The van der Waals surface area contributed by atoms with Crippen molar-refractivity contribution >= 4 is 16.6 Å². The van der Waals surface area contributed by atoms with E-state index in [0.29, 0.717) is 5.92 Å². The van der Waals surface area contributed by atoms with Crippen LogP contribution in [-0.4, -0.2) is 4.98 Å². The third-order valence-electron chi connectivity index (χ3n) is 2.91. The third-order valence-corrected chi connectivity index (χ3v) is 2.91. The molecule has 0 bridgehead atoms. The van der Waals surface area contributed by atoms with Gasteiger partial charge in [-0.15, -0.1) is 0 Å². The van der Waals surface area contributed by atoms with Gasteiger partial charge in [0.25, 0.3) is 0 Å². The van der Waals surface area contributed by atoms with Crippen LogP contribution in [0, 0.1) is 0 Å². The molecule has 0 aliphatic heterocycles. The molecule has 0 amide bonds. The summed E-state index contributed by atoms with van der Waals surface area (Å²) in [7, 11) is 0. The zero-order valence-electron chi connectivity index (χ0n) is 9.20. The van der Waals surface area contributed by atoms with E-state index >= 15 is 0 Å². The molecule has 2 rings (SSSR count). The molecule has 0 aliphatic rings. The van der Waals surface area contributed by atoms with Crippen molar-refractivity contribution < 1.29 is 0 Å². The van der Waals surface area contributed by atoms with E-state index in [-0.39, 0.29) is 0 Å². The van der Waals surface area contributed by atoms with Crippen molar-refractivity contribution in [1.82, 2.24) is 4.98 Å². The number of nitrogen functional groups attached to an aromatic ring is 1. The number of hydrogen-bond acceptors (Lipinski definition) is 2. The maximum atomic E-state index is 5.72. The van der Waals surface area contributed by atoms with Gasteiger partial charge in [-0.2, -0.15) is 0 Å². The Morgan fingerprint density at radius 1 is 1.33 bits per heavy atom. The minimum Gasteiger partial charge on any atom is -0.397 e. The summed E-state index contributed by atoms with van der Waals surface area (Å²) in [6.07, 6.45) is 2.85. The lowest BCUT2D eigenvalue weighted by Gasteiger charge is -2.09. The standard InChI is InChI=1S/C13H16N2/c1-3-9(2)10-4-5-13-11(6-10)7-12(14)8-15-13/h4-9H,3,14H2,1-2H3. The average Bonchev–Trinajstić information content (AvgIpc) is 2.27. The minimum atomic E-state index is 0.593. The predicted molar refractivity (Wildman–Crippen MR) is 64.9 cm³/mol. The number of pyridine rings is 1. The van der Waals surface area contributed by atoms with Crippen molar-refractivity contribution in [3.05, 3.63) is 36.0 Å². The van der Waals surface area contributed by atoms with Crippen molar-refractivity contribution in [3.8, 4) is 0 Å². The van der Waals surface area contributed by atoms with Crippen molar-refractivity contribution in [2.24, 2.45) is 0 Å². The highest BCUT2D eigenvalue weighted by atomic mass is 14.7. The quantitative estimate of drug-likeness (QED) is 0.807. The normalized spacial score (nSPS) is 12.9. The summed E-state index contributed by atoms with van der Waals surface area (Å²) in [4.78, 5) is 4.28. The SMILES string of the molecule is CCC(C)c1ccc2ncc(N)cc2c1. The Bertz CT molecular complexity index is 477. The summed E-state index contributed by atoms with van der Waals surface area (Å²) in [6.45, 7) is 4.44. The first-order chi connectivity index (χ1) is 7.20. The first kappa shape index (κ1) is 9.97. The monoisotopic (exact) mass is 200 g/mol. The molecule has 0 spiro atoms. The van der Waals surface area contributed by atoms with Crippen LogP contribution in [0.3, 0.4) is 0 Å². The Kier molecular flexibility index (Phi) is 2.58. The second-order valence-electron chi connectivity index (χ2n) is 4.03. The Morgan fingerprint density at radius 3 is 2.87 bits per heavy atom. The summed E-state index contributed by atoms with van der Waals surface area (Å²) in [5.41, 5.74) is 8.81. The molecule has 2 nitrogen and oxygen atoms in total. The molecule has 1 aromatic heterocycles. The number of anilines is 1. The molecule has 1 heterocycles. The molecule has 0 aliphatic carbocycles. The van der Waals surface area contributed by atoms with Crippen LogP contribution in [0.25, 0.3) is 10.9 Å². The largest absolute Gasteiger partial charge is 0.397 e. The predicted octanol–water partition coefficient (Wildman–Crippen LogP) is 3.33. The Labute approximate surface area is 90.1 Å². The second-order valence-corrected chi connectivity index (χ2v) is 4.03. The van der Waals surface area contributed by atoms with Crippen molar-refractivity contribution in [2.45, 2.75) is 26.2 Å². The second kappa shape index (κ2) is 3.89. The molecule has 1 atom stereocenters. The van der Waals surface area contributed by atoms with Gasteiger partial charge in [0.1, 0.15) is 0 Å². The van der Waals surface area contributed by atoms with Crippen LogP contribution in [0.1, 0.15) is 31.7 Å². The van der Waals surface area contributed by atoms with Gasteiger partial charge < -0.3 is 5.73 Å². The summed E-state index contributed by atoms with van der Waals surface area (Å²) < 4.78 is 0. The van der Waals surface area contributed by atoms with Gasteiger partial charge in [-0.05, 0) is 36.1 Å². The number of nitrogens with two attached hydrogens (primary N) is 1. The molecular formula is C13H16N2. The van der Waals surface area contributed by atoms with Crippen LogP contribution in [0.4, 0.5) is 5.69 Å². The molecule has 0 saturated heterocycles. The van der Waals surface area contributed by atoms with E-state index in [0.717, 1.165) is 23.0 Å². The molecule has 15 heavy (non-hydrogen) atoms. The Balaban J connectivity index is 2.54. The summed E-state index contributed by atoms with van der Waals surface area (Å²) in [6, 6.07) is 8.39. The Hall–Kier alpha value is -1.57. The average molecular weight is 200 g/mol. The molecule has 2 heteroatoms. The molecule has 2 N–H and O–H groups in total. The molecule has 1 aromatic carbocycles. The fraction of sp³-hybridized carbons (Fsp3) is 0.308. The zero-order valence-corrected chi connectivity index (χ0v) is 9.20. The van der Waals surface area contributed by atoms with E-state index in [1.165, 1.54) is 5.56 Å². The molecule has 0 fully saturated rings. The fourth-order valence-corrected chi connectivity index (χ4v) is 1.71. The summed E-state index contributed by atoms with van der Waals surface area (Å²) in [5, 5.41) is 1.13. The van der Waals surface area contributed by atoms with Crippen LogP contribution < -0.4 is 5.73 Å². The highest BCUT2D eigenvalue weighted by Gasteiger charge is 2.04. The van der Waals surface area contributed by atoms with Gasteiger partial charge in [-0.25, -0.2) is 0 Å². The first-order valence-corrected chi connectivity index (χ1v) is 5.36. The molecule has 1 unspecified atom stereocenters. The van der Waals surface area contributed by atoms with Crippen LogP contribution in [0.15, 0.2) is 30.5 Å². The van der Waals surface area contributed by atoms with Gasteiger partial charge >= 0.3 is 0 Å². The number of aromatic nitrogens is 1. The molecule has 78 valence electrons. The third kappa shape index (κ3) is 1.94. The fourth-order valence-electron chi connectivity index (χ4n) is 1.71. The minimum absolute atomic E-state index is 0.593. The topological polar surface area (TPSA) is 38.9 Å². The van der Waals surface area contributed by atoms with Gasteiger partial charge in [-0.1, -0.05) is 19.9 Å². The van der Waals surface area contributed by atoms with Gasteiger partial charge in [0, 0.05) is 5.39 Å². The van der Waals surface area contributed by atoms with Crippen molar-refractivity contribution in [2.75, 3.05) is 5.73 Å². The van der Waals surface area contributed by atoms with Crippen molar-refractivity contribution in [1.29, 1.82) is 0 Å². The lowest BCUT2D eigenvalue weighted by Crippen LogP contribution is -1.92. The summed E-state index contributed by atoms with van der Waals surface area (Å²) >= 11 is 0. The molecule has 2 aromatic rings. The van der Waals surface area contributed by atoms with E-state index in [9.17, 15) is 0 Å². The lowest BCUT2D eigenvalue weighted by atomic mass is 9.97. The maximum absolute atomic E-state index is 5.72. The van der Waals surface area contributed by atoms with Crippen LogP contribution in [-0.2, 0) is 0 Å². The number of hydrogen-bond donors (Lipinski definition) is 1. The molecule has 0 saturated carbocycles. The van der Waals surface area contributed by atoms with Crippen LogP contribution >= 0.6 is 0 Å². The van der Waals surface area contributed by atoms with E-state index in [1.54, 1.807) is 6.20 Å². The van der Waals surface area contributed by atoms with E-state index < -0.39 is 0 Å². The number of rotatable bonds is 2. The van der Waals surface area contributed by atoms with Gasteiger partial charge in [0.2, 0.25) is 0 Å². The zero-order chi connectivity index (χ0) is 10.8. The van der Waals surface area contributed by atoms with Crippen molar-refractivity contribution in [3.63, 3.8) is 0 Å². The lowest BCUT2D eigenvalue weighted by molar-refractivity contribution is 0.734. The Morgan fingerprint density at radius 2 is 2.13 bits per heavy atom. The number of nitrogens with zero attached hydrogens (tertiary/aromatic N) is 1. The smallest absolute Gasteiger partial charge is 0.0703 e. The number of benzene rings is 1. The van der Waals surface area contributed by atoms with Crippen LogP contribution in [0.2, 0.25) is 0 Å². The van der Waals surface area contributed by atoms with Gasteiger partial charge in [0.05, 0.1) is 17.4 Å². The number of fused-ring (bicyclic) bond motifs is 1. The van der Waals surface area contributed by atoms with E-state index in [4.69, 9.17) is 5.73 Å². The highest BCUT2D eigenvalue weighted by Crippen LogP contribution is 2.23. The highest BCUT2D eigenvalue weighted by molar-refractivity contribution is 5.81. The molecule has 0 radical (unpaired) electrons. The van der Waals surface area contributed by atoms with E-state index in [2.05, 4.69) is 37.0 Å². The van der Waals surface area contributed by atoms with Gasteiger partial charge in [0.15, 0.2) is 0 Å².